The summed E-state index contributed by atoms with van der Waals surface area (Å²) in [7, 11) is 0. The second kappa shape index (κ2) is 8.24. The van der Waals surface area contributed by atoms with Crippen LogP contribution in [0.4, 0.5) is 0 Å². The van der Waals surface area contributed by atoms with Crippen LogP contribution < -0.4 is 5.56 Å². The summed E-state index contributed by atoms with van der Waals surface area (Å²) in [6.45, 7) is 6.20. The SMILES string of the molecule is O=c1ccc(-c2ccncc2)nn1CCN1CCN(Cc2cnoc2)CC1. The molecule has 140 valence electrons. The molecular formula is C19H22N6O2. The molecule has 3 aromatic heterocycles. The molecule has 0 aromatic carbocycles. The first kappa shape index (κ1) is 17.6. The van der Waals surface area contributed by atoms with Gasteiger partial charge in [-0.05, 0) is 18.2 Å². The molecule has 0 saturated carbocycles. The van der Waals surface area contributed by atoms with Gasteiger partial charge in [0.25, 0.3) is 5.56 Å². The number of hydrogen-bond donors (Lipinski definition) is 0. The zero-order valence-electron chi connectivity index (χ0n) is 15.1. The van der Waals surface area contributed by atoms with Crippen molar-refractivity contribution in [1.82, 2.24) is 29.7 Å². The van der Waals surface area contributed by atoms with E-state index in [1.165, 1.54) is 0 Å². The second-order valence-electron chi connectivity index (χ2n) is 6.67. The van der Waals surface area contributed by atoms with Gasteiger partial charge in [-0.2, -0.15) is 5.10 Å². The second-order valence-corrected chi connectivity index (χ2v) is 6.67. The molecule has 1 aliphatic rings. The fourth-order valence-corrected chi connectivity index (χ4v) is 3.26. The highest BCUT2D eigenvalue weighted by Crippen LogP contribution is 2.13. The zero-order chi connectivity index (χ0) is 18.5. The molecular weight excluding hydrogens is 344 g/mol. The summed E-state index contributed by atoms with van der Waals surface area (Å²) in [6, 6.07) is 7.13. The number of nitrogens with zero attached hydrogens (tertiary/aromatic N) is 6. The normalized spacial score (nSPS) is 15.9. The van der Waals surface area contributed by atoms with Crippen LogP contribution in [0.2, 0.25) is 0 Å². The van der Waals surface area contributed by atoms with Gasteiger partial charge in [0.15, 0.2) is 0 Å². The summed E-state index contributed by atoms with van der Waals surface area (Å²) in [5, 5.41) is 8.26. The van der Waals surface area contributed by atoms with Crippen molar-refractivity contribution in [3.8, 4) is 11.3 Å². The Morgan fingerprint density at radius 2 is 1.74 bits per heavy atom. The maximum absolute atomic E-state index is 12.2. The van der Waals surface area contributed by atoms with Crippen LogP contribution in [0.25, 0.3) is 11.3 Å². The molecule has 1 fully saturated rings. The monoisotopic (exact) mass is 366 g/mol. The molecule has 0 radical (unpaired) electrons. The number of aromatic nitrogens is 4. The first-order chi connectivity index (χ1) is 13.3. The van der Waals surface area contributed by atoms with Crippen LogP contribution in [0.3, 0.4) is 0 Å². The molecule has 0 N–H and O–H groups in total. The smallest absolute Gasteiger partial charge is 0.266 e. The highest BCUT2D eigenvalue weighted by molar-refractivity contribution is 5.56. The average Bonchev–Trinajstić information content (AvgIpc) is 3.22. The average molecular weight is 366 g/mol. The molecule has 4 rings (SSSR count). The zero-order valence-corrected chi connectivity index (χ0v) is 15.1. The third-order valence-electron chi connectivity index (χ3n) is 4.83. The Hall–Kier alpha value is -2.84. The number of pyridine rings is 1. The minimum absolute atomic E-state index is 0.0705. The molecule has 3 aromatic rings. The van der Waals surface area contributed by atoms with E-state index >= 15 is 0 Å². The Labute approximate surface area is 157 Å². The first-order valence-electron chi connectivity index (χ1n) is 9.09. The van der Waals surface area contributed by atoms with Crippen molar-refractivity contribution in [1.29, 1.82) is 0 Å². The molecule has 0 atom stereocenters. The molecule has 4 heterocycles. The summed E-state index contributed by atoms with van der Waals surface area (Å²) in [5.41, 5.74) is 2.78. The van der Waals surface area contributed by atoms with E-state index in [2.05, 4.69) is 25.0 Å². The van der Waals surface area contributed by atoms with Crippen LogP contribution in [-0.4, -0.2) is 62.4 Å². The Morgan fingerprint density at radius 1 is 0.963 bits per heavy atom. The van der Waals surface area contributed by atoms with E-state index in [9.17, 15) is 4.79 Å². The summed E-state index contributed by atoms with van der Waals surface area (Å²) in [6.07, 6.45) is 6.91. The van der Waals surface area contributed by atoms with Crippen molar-refractivity contribution in [3.63, 3.8) is 0 Å². The fraction of sp³-hybridized carbons (Fsp3) is 0.368. The van der Waals surface area contributed by atoms with Gasteiger partial charge >= 0.3 is 0 Å². The molecule has 0 bridgehead atoms. The summed E-state index contributed by atoms with van der Waals surface area (Å²) in [5.74, 6) is 0. The third kappa shape index (κ3) is 4.47. The van der Waals surface area contributed by atoms with Crippen molar-refractivity contribution in [2.75, 3.05) is 32.7 Å². The highest BCUT2D eigenvalue weighted by Gasteiger charge is 2.17. The van der Waals surface area contributed by atoms with Gasteiger partial charge < -0.3 is 4.52 Å². The van der Waals surface area contributed by atoms with E-state index in [-0.39, 0.29) is 5.56 Å². The molecule has 1 aliphatic heterocycles. The lowest BCUT2D eigenvalue weighted by atomic mass is 10.2. The van der Waals surface area contributed by atoms with Crippen molar-refractivity contribution < 1.29 is 4.52 Å². The third-order valence-corrected chi connectivity index (χ3v) is 4.83. The molecule has 0 unspecified atom stereocenters. The van der Waals surface area contributed by atoms with E-state index in [1.807, 2.05) is 12.1 Å². The predicted molar refractivity (Wildman–Crippen MR) is 99.9 cm³/mol. The van der Waals surface area contributed by atoms with Crippen molar-refractivity contribution in [2.24, 2.45) is 0 Å². The maximum Gasteiger partial charge on any atom is 0.266 e. The number of hydrogen-bond acceptors (Lipinski definition) is 7. The summed E-state index contributed by atoms with van der Waals surface area (Å²) < 4.78 is 6.44. The van der Waals surface area contributed by atoms with Crippen LogP contribution in [0, 0.1) is 0 Å². The van der Waals surface area contributed by atoms with E-state index in [0.717, 1.165) is 56.1 Å². The van der Waals surface area contributed by atoms with Crippen LogP contribution in [0.15, 0.2) is 58.4 Å². The van der Waals surface area contributed by atoms with Gasteiger partial charge in [0.05, 0.1) is 18.4 Å². The predicted octanol–water partition coefficient (Wildman–Crippen LogP) is 1.11. The van der Waals surface area contributed by atoms with Crippen LogP contribution in [0.1, 0.15) is 5.56 Å². The molecule has 1 saturated heterocycles. The molecule has 27 heavy (non-hydrogen) atoms. The van der Waals surface area contributed by atoms with Crippen molar-refractivity contribution in [2.45, 2.75) is 13.1 Å². The molecule has 0 spiro atoms. The van der Waals surface area contributed by atoms with Crippen LogP contribution >= 0.6 is 0 Å². The van der Waals surface area contributed by atoms with Gasteiger partial charge in [-0.15, -0.1) is 0 Å². The number of piperazine rings is 1. The van der Waals surface area contributed by atoms with Crippen molar-refractivity contribution >= 4 is 0 Å². The molecule has 8 nitrogen and oxygen atoms in total. The van der Waals surface area contributed by atoms with E-state index in [1.54, 1.807) is 41.7 Å². The highest BCUT2D eigenvalue weighted by atomic mass is 16.5. The largest absolute Gasteiger partial charge is 0.364 e. The summed E-state index contributed by atoms with van der Waals surface area (Å²) in [4.78, 5) is 20.9. The van der Waals surface area contributed by atoms with Gasteiger partial charge in [0.2, 0.25) is 0 Å². The summed E-state index contributed by atoms with van der Waals surface area (Å²) >= 11 is 0. The van der Waals surface area contributed by atoms with E-state index < -0.39 is 0 Å². The van der Waals surface area contributed by atoms with E-state index in [0.29, 0.717) is 6.54 Å². The van der Waals surface area contributed by atoms with Gasteiger partial charge in [0.1, 0.15) is 6.26 Å². The van der Waals surface area contributed by atoms with Crippen LogP contribution in [0.5, 0.6) is 0 Å². The molecule has 8 heteroatoms. The maximum atomic E-state index is 12.2. The topological polar surface area (TPSA) is 80.3 Å². The minimum Gasteiger partial charge on any atom is -0.364 e. The van der Waals surface area contributed by atoms with Gasteiger partial charge in [-0.3, -0.25) is 19.6 Å². The lowest BCUT2D eigenvalue weighted by molar-refractivity contribution is 0.122. The van der Waals surface area contributed by atoms with Gasteiger partial charge in [0, 0.05) is 68.9 Å². The lowest BCUT2D eigenvalue weighted by Gasteiger charge is -2.34. The Kier molecular flexibility index (Phi) is 5.36. The number of rotatable bonds is 6. The quantitative estimate of drug-likeness (QED) is 0.646. The first-order valence-corrected chi connectivity index (χ1v) is 9.09. The van der Waals surface area contributed by atoms with E-state index in [4.69, 9.17) is 4.52 Å². The standard InChI is InChI=1S/C19H22N6O2/c26-19-2-1-18(17-3-5-20-6-4-17)22-25(19)12-11-23-7-9-24(10-8-23)14-16-13-21-27-15-16/h1-6,13,15H,7-12,14H2. The molecule has 0 amide bonds. The van der Waals surface area contributed by atoms with Crippen molar-refractivity contribution in [3.05, 3.63) is 65.0 Å². The lowest BCUT2D eigenvalue weighted by Crippen LogP contribution is -2.47. The Bertz CT molecular complexity index is 901. The van der Waals surface area contributed by atoms with Gasteiger partial charge in [-0.25, -0.2) is 4.68 Å². The van der Waals surface area contributed by atoms with Crippen LogP contribution in [-0.2, 0) is 13.1 Å². The minimum atomic E-state index is -0.0705. The Balaban J connectivity index is 1.32. The Morgan fingerprint density at radius 3 is 2.48 bits per heavy atom. The molecule has 0 aliphatic carbocycles. The fourth-order valence-electron chi connectivity index (χ4n) is 3.26. The van der Waals surface area contributed by atoms with Gasteiger partial charge in [-0.1, -0.05) is 5.16 Å².